The molecular formula is C18H13N5O. The van der Waals surface area contributed by atoms with Crippen molar-refractivity contribution in [1.82, 2.24) is 9.97 Å². The Kier molecular flexibility index (Phi) is 4.45. The van der Waals surface area contributed by atoms with E-state index in [2.05, 4.69) is 26.7 Å². The first-order chi connectivity index (χ1) is 11.8. The number of nitrogens with one attached hydrogen (secondary N) is 2. The zero-order valence-corrected chi connectivity index (χ0v) is 12.6. The molecule has 6 heteroatoms. The van der Waals surface area contributed by atoms with E-state index >= 15 is 0 Å². The summed E-state index contributed by atoms with van der Waals surface area (Å²) in [6, 6.07) is 16.2. The summed E-state index contributed by atoms with van der Waals surface area (Å²) < 4.78 is 0. The molecule has 1 aromatic carbocycles. The van der Waals surface area contributed by atoms with Gasteiger partial charge in [0.1, 0.15) is 11.9 Å². The first-order valence-corrected chi connectivity index (χ1v) is 7.20. The van der Waals surface area contributed by atoms with Crippen LogP contribution in [-0.2, 0) is 0 Å². The van der Waals surface area contributed by atoms with Crippen molar-refractivity contribution < 1.29 is 4.79 Å². The quantitative estimate of drug-likeness (QED) is 0.770. The highest BCUT2D eigenvalue weighted by atomic mass is 16.1. The molecule has 0 saturated heterocycles. The van der Waals surface area contributed by atoms with Crippen molar-refractivity contribution >= 4 is 23.1 Å². The van der Waals surface area contributed by atoms with E-state index in [1.807, 2.05) is 12.1 Å². The predicted molar refractivity (Wildman–Crippen MR) is 90.9 cm³/mol. The molecule has 0 spiro atoms. The van der Waals surface area contributed by atoms with Gasteiger partial charge in [-0.15, -0.1) is 0 Å². The highest BCUT2D eigenvalue weighted by molar-refractivity contribution is 6.03. The molecule has 116 valence electrons. The fourth-order valence-corrected chi connectivity index (χ4v) is 2.07. The Bertz CT molecular complexity index is 885. The molecule has 2 heterocycles. The number of hydrogen-bond donors (Lipinski definition) is 2. The molecule has 24 heavy (non-hydrogen) atoms. The third-order valence-electron chi connectivity index (χ3n) is 3.26. The van der Waals surface area contributed by atoms with E-state index in [9.17, 15) is 4.79 Å². The van der Waals surface area contributed by atoms with Crippen molar-refractivity contribution in [1.29, 1.82) is 5.26 Å². The lowest BCUT2D eigenvalue weighted by atomic mass is 10.2. The molecular weight excluding hydrogens is 302 g/mol. The summed E-state index contributed by atoms with van der Waals surface area (Å²) in [6.07, 6.45) is 4.69. The number of para-hydroxylation sites is 1. The monoisotopic (exact) mass is 315 g/mol. The van der Waals surface area contributed by atoms with Gasteiger partial charge in [0.15, 0.2) is 0 Å². The molecule has 0 saturated carbocycles. The van der Waals surface area contributed by atoms with Gasteiger partial charge in [0, 0.05) is 12.4 Å². The molecule has 0 atom stereocenters. The smallest absolute Gasteiger partial charge is 0.258 e. The highest BCUT2D eigenvalue weighted by Crippen LogP contribution is 2.20. The van der Waals surface area contributed by atoms with Gasteiger partial charge in [-0.25, -0.2) is 4.98 Å². The SMILES string of the molecule is N#Cc1ccccc1Nc1ccc(NC(=O)c2cccnc2)nc1. The topological polar surface area (TPSA) is 90.7 Å². The Morgan fingerprint density at radius 3 is 2.62 bits per heavy atom. The van der Waals surface area contributed by atoms with Crippen LogP contribution in [0.1, 0.15) is 15.9 Å². The van der Waals surface area contributed by atoms with Gasteiger partial charge in [0.25, 0.3) is 5.91 Å². The standard InChI is InChI=1S/C18H13N5O/c19-10-13-4-1-2-6-16(13)22-15-7-8-17(21-12-15)23-18(24)14-5-3-9-20-11-14/h1-9,11-12,22H,(H,21,23,24). The van der Waals surface area contributed by atoms with Crippen LogP contribution in [-0.4, -0.2) is 15.9 Å². The van der Waals surface area contributed by atoms with Crippen LogP contribution in [0.25, 0.3) is 0 Å². The van der Waals surface area contributed by atoms with Crippen LogP contribution in [0.15, 0.2) is 67.1 Å². The average Bonchev–Trinajstić information content (AvgIpc) is 2.64. The molecule has 2 N–H and O–H groups in total. The molecule has 1 amide bonds. The number of amides is 1. The van der Waals surface area contributed by atoms with Gasteiger partial charge in [0.2, 0.25) is 0 Å². The van der Waals surface area contributed by atoms with Crippen molar-refractivity contribution in [3.63, 3.8) is 0 Å². The summed E-state index contributed by atoms with van der Waals surface area (Å²) in [4.78, 5) is 20.1. The lowest BCUT2D eigenvalue weighted by Gasteiger charge is -2.09. The van der Waals surface area contributed by atoms with Crippen LogP contribution in [0.4, 0.5) is 17.2 Å². The van der Waals surface area contributed by atoms with E-state index in [1.54, 1.807) is 48.8 Å². The van der Waals surface area contributed by atoms with Gasteiger partial charge in [-0.2, -0.15) is 5.26 Å². The summed E-state index contributed by atoms with van der Waals surface area (Å²) in [7, 11) is 0. The van der Waals surface area contributed by atoms with Crippen LogP contribution in [0.3, 0.4) is 0 Å². The summed E-state index contributed by atoms with van der Waals surface area (Å²) in [6.45, 7) is 0. The second kappa shape index (κ2) is 7.03. The minimum absolute atomic E-state index is 0.272. The number of nitrogens with zero attached hydrogens (tertiary/aromatic N) is 3. The molecule has 6 nitrogen and oxygen atoms in total. The minimum Gasteiger partial charge on any atom is -0.353 e. The maximum atomic E-state index is 12.0. The zero-order chi connectivity index (χ0) is 16.8. The van der Waals surface area contributed by atoms with E-state index in [0.717, 1.165) is 5.69 Å². The minimum atomic E-state index is -0.272. The van der Waals surface area contributed by atoms with Crippen LogP contribution in [0, 0.1) is 11.3 Å². The average molecular weight is 315 g/mol. The molecule has 0 radical (unpaired) electrons. The van der Waals surface area contributed by atoms with Crippen molar-refractivity contribution in [3.8, 4) is 6.07 Å². The summed E-state index contributed by atoms with van der Waals surface area (Å²) >= 11 is 0. The number of carbonyl (C=O) groups excluding carboxylic acids is 1. The maximum absolute atomic E-state index is 12.0. The molecule has 0 fully saturated rings. The number of nitriles is 1. The predicted octanol–water partition coefficient (Wildman–Crippen LogP) is 3.34. The van der Waals surface area contributed by atoms with Crippen molar-refractivity contribution in [2.45, 2.75) is 0 Å². The molecule has 0 aliphatic rings. The number of pyridine rings is 2. The number of hydrogen-bond acceptors (Lipinski definition) is 5. The zero-order valence-electron chi connectivity index (χ0n) is 12.6. The van der Waals surface area contributed by atoms with Crippen LogP contribution in [0.2, 0.25) is 0 Å². The largest absolute Gasteiger partial charge is 0.353 e. The Hall–Kier alpha value is -3.72. The van der Waals surface area contributed by atoms with Gasteiger partial charge in [-0.1, -0.05) is 12.1 Å². The summed E-state index contributed by atoms with van der Waals surface area (Å²) in [5.74, 6) is 0.161. The van der Waals surface area contributed by atoms with Gasteiger partial charge in [0.05, 0.1) is 28.7 Å². The number of rotatable bonds is 4. The van der Waals surface area contributed by atoms with Gasteiger partial charge in [-0.05, 0) is 36.4 Å². The fraction of sp³-hybridized carbons (Fsp3) is 0. The Morgan fingerprint density at radius 1 is 1.04 bits per heavy atom. The van der Waals surface area contributed by atoms with Gasteiger partial charge >= 0.3 is 0 Å². The first kappa shape index (κ1) is 15.2. The number of carbonyl (C=O) groups is 1. The lowest BCUT2D eigenvalue weighted by molar-refractivity contribution is 0.102. The van der Waals surface area contributed by atoms with Crippen LogP contribution < -0.4 is 10.6 Å². The second-order valence-electron chi connectivity index (χ2n) is 4.91. The molecule has 0 aliphatic heterocycles. The van der Waals surface area contributed by atoms with Crippen molar-refractivity contribution in [2.75, 3.05) is 10.6 Å². The fourth-order valence-electron chi connectivity index (χ4n) is 2.07. The lowest BCUT2D eigenvalue weighted by Crippen LogP contribution is -2.13. The van der Waals surface area contributed by atoms with E-state index in [4.69, 9.17) is 5.26 Å². The van der Waals surface area contributed by atoms with E-state index in [-0.39, 0.29) is 5.91 Å². The molecule has 3 aromatic rings. The Balaban J connectivity index is 1.70. The molecule has 0 unspecified atom stereocenters. The molecule has 0 aliphatic carbocycles. The van der Waals surface area contributed by atoms with Gasteiger partial charge < -0.3 is 10.6 Å². The van der Waals surface area contributed by atoms with Crippen LogP contribution >= 0.6 is 0 Å². The van der Waals surface area contributed by atoms with Crippen molar-refractivity contribution in [3.05, 3.63) is 78.2 Å². The molecule has 2 aromatic heterocycles. The second-order valence-corrected chi connectivity index (χ2v) is 4.91. The Morgan fingerprint density at radius 2 is 1.92 bits per heavy atom. The normalized spacial score (nSPS) is 9.79. The maximum Gasteiger partial charge on any atom is 0.258 e. The summed E-state index contributed by atoms with van der Waals surface area (Å²) in [5, 5.41) is 14.9. The summed E-state index contributed by atoms with van der Waals surface area (Å²) in [5.41, 5.74) is 2.43. The molecule has 3 rings (SSSR count). The number of anilines is 3. The third kappa shape index (κ3) is 3.54. The highest BCUT2D eigenvalue weighted by Gasteiger charge is 2.07. The van der Waals surface area contributed by atoms with E-state index in [1.165, 1.54) is 6.20 Å². The van der Waals surface area contributed by atoms with Gasteiger partial charge in [-0.3, -0.25) is 9.78 Å². The third-order valence-corrected chi connectivity index (χ3v) is 3.26. The Labute approximate surface area is 138 Å². The van der Waals surface area contributed by atoms with E-state index < -0.39 is 0 Å². The van der Waals surface area contributed by atoms with E-state index in [0.29, 0.717) is 22.6 Å². The van der Waals surface area contributed by atoms with Crippen LogP contribution in [0.5, 0.6) is 0 Å². The van der Waals surface area contributed by atoms with Crippen molar-refractivity contribution in [2.24, 2.45) is 0 Å². The number of benzene rings is 1. The molecule has 0 bridgehead atoms. The first-order valence-electron chi connectivity index (χ1n) is 7.20. The number of aromatic nitrogens is 2.